The summed E-state index contributed by atoms with van der Waals surface area (Å²) in [7, 11) is 0. The van der Waals surface area contributed by atoms with Gasteiger partial charge in [-0.3, -0.25) is 14.5 Å². The number of Topliss-reactive ketones (excluding diaryl/α,β-unsaturated/α-hetero) is 1. The lowest BCUT2D eigenvalue weighted by molar-refractivity contribution is -0.123. The molecule has 3 heterocycles. The average Bonchev–Trinajstić information content (AvgIpc) is 3.13. The maximum absolute atomic E-state index is 12.6. The van der Waals surface area contributed by atoms with E-state index in [2.05, 4.69) is 15.3 Å². The molecule has 0 bridgehead atoms. The highest BCUT2D eigenvalue weighted by atomic mass is 16.2. The Kier molecular flexibility index (Phi) is 5.46. The van der Waals surface area contributed by atoms with Crippen molar-refractivity contribution >= 4 is 17.5 Å². The molecular formula is C22H23N5O2. The van der Waals surface area contributed by atoms with Gasteiger partial charge in [-0.15, -0.1) is 0 Å². The molecule has 2 aromatic heterocycles. The second-order valence-corrected chi connectivity index (χ2v) is 7.29. The molecule has 1 aromatic carbocycles. The number of aryl methyl sites for hydroxylation is 2. The van der Waals surface area contributed by atoms with Gasteiger partial charge in [0, 0.05) is 50.2 Å². The molecule has 7 nitrogen and oxygen atoms in total. The molecule has 0 N–H and O–H groups in total. The van der Waals surface area contributed by atoms with Crippen molar-refractivity contribution in [3.63, 3.8) is 0 Å². The number of carbonyl (C=O) groups excluding carboxylic acids is 2. The van der Waals surface area contributed by atoms with E-state index in [0.29, 0.717) is 13.0 Å². The van der Waals surface area contributed by atoms with Crippen LogP contribution >= 0.6 is 0 Å². The minimum absolute atomic E-state index is 0.0165. The highest BCUT2D eigenvalue weighted by Crippen LogP contribution is 2.23. The molecule has 0 radical (unpaired) electrons. The first-order valence-electron chi connectivity index (χ1n) is 9.84. The van der Waals surface area contributed by atoms with Gasteiger partial charge in [-0.05, 0) is 31.0 Å². The Hall–Kier alpha value is -3.35. The predicted octanol–water partition coefficient (Wildman–Crippen LogP) is 2.98. The summed E-state index contributed by atoms with van der Waals surface area (Å²) in [5, 5.41) is 12.4. The Morgan fingerprint density at radius 3 is 2.66 bits per heavy atom. The van der Waals surface area contributed by atoms with Gasteiger partial charge in [0.25, 0.3) is 0 Å². The summed E-state index contributed by atoms with van der Waals surface area (Å²) in [6, 6.07) is 13.4. The fourth-order valence-corrected chi connectivity index (χ4v) is 3.61. The minimum Gasteiger partial charge on any atom is -0.299 e. The van der Waals surface area contributed by atoms with Crippen molar-refractivity contribution in [1.29, 1.82) is 0 Å². The third kappa shape index (κ3) is 4.39. The zero-order chi connectivity index (χ0) is 20.2. The highest BCUT2D eigenvalue weighted by Gasteiger charge is 2.24. The Labute approximate surface area is 169 Å². The van der Waals surface area contributed by atoms with Crippen LogP contribution in [-0.2, 0) is 22.6 Å². The van der Waals surface area contributed by atoms with E-state index in [1.165, 1.54) is 0 Å². The van der Waals surface area contributed by atoms with Gasteiger partial charge in [0.05, 0.1) is 11.4 Å². The number of benzene rings is 1. The molecule has 4 rings (SSSR count). The normalized spacial score (nSPS) is 13.2. The highest BCUT2D eigenvalue weighted by molar-refractivity contribution is 5.95. The number of ketones is 1. The van der Waals surface area contributed by atoms with Crippen molar-refractivity contribution in [3.8, 4) is 11.3 Å². The third-order valence-corrected chi connectivity index (χ3v) is 5.05. The molecule has 0 saturated carbocycles. The van der Waals surface area contributed by atoms with Crippen LogP contribution < -0.4 is 4.90 Å². The Bertz CT molecular complexity index is 1010. The van der Waals surface area contributed by atoms with E-state index in [0.717, 1.165) is 41.3 Å². The number of nitrogens with zero attached hydrogens (tertiary/aromatic N) is 5. The van der Waals surface area contributed by atoms with Crippen LogP contribution in [-0.4, -0.2) is 38.2 Å². The summed E-state index contributed by atoms with van der Waals surface area (Å²) in [6.45, 7) is 3.44. The molecule has 0 atom stereocenters. The zero-order valence-corrected chi connectivity index (χ0v) is 16.4. The molecule has 0 spiro atoms. The fraction of sp³-hybridized carbons (Fsp3) is 0.318. The lowest BCUT2D eigenvalue weighted by Gasteiger charge is -2.27. The van der Waals surface area contributed by atoms with Gasteiger partial charge in [0.2, 0.25) is 5.91 Å². The number of carbonyl (C=O) groups is 2. The first kappa shape index (κ1) is 19.0. The summed E-state index contributed by atoms with van der Waals surface area (Å²) in [5.41, 5.74) is 3.59. The lowest BCUT2D eigenvalue weighted by atomic mass is 10.0. The van der Waals surface area contributed by atoms with Crippen molar-refractivity contribution in [3.05, 3.63) is 59.9 Å². The Morgan fingerprint density at radius 1 is 1.07 bits per heavy atom. The van der Waals surface area contributed by atoms with Gasteiger partial charge in [-0.1, -0.05) is 24.3 Å². The summed E-state index contributed by atoms with van der Waals surface area (Å²) >= 11 is 0. The van der Waals surface area contributed by atoms with Crippen molar-refractivity contribution in [2.24, 2.45) is 0 Å². The monoisotopic (exact) mass is 389 g/mol. The van der Waals surface area contributed by atoms with Crippen molar-refractivity contribution in [2.45, 2.75) is 39.2 Å². The molecule has 0 unspecified atom stereocenters. The second-order valence-electron chi connectivity index (χ2n) is 7.29. The molecule has 1 aliphatic heterocycles. The largest absolute Gasteiger partial charge is 0.299 e. The average molecular weight is 389 g/mol. The van der Waals surface area contributed by atoms with Crippen molar-refractivity contribution < 1.29 is 9.59 Å². The molecule has 0 aliphatic carbocycles. The smallest absolute Gasteiger partial charge is 0.228 e. The van der Waals surface area contributed by atoms with Gasteiger partial charge in [0.15, 0.2) is 0 Å². The number of aromatic nitrogens is 4. The number of amides is 1. The maximum Gasteiger partial charge on any atom is 0.228 e. The summed E-state index contributed by atoms with van der Waals surface area (Å²) in [5.74, 6) is 0.885. The van der Waals surface area contributed by atoms with E-state index < -0.39 is 0 Å². The van der Waals surface area contributed by atoms with Crippen LogP contribution in [0, 0.1) is 6.92 Å². The van der Waals surface area contributed by atoms with Crippen LogP contribution in [0.2, 0.25) is 0 Å². The number of anilines is 1. The zero-order valence-electron chi connectivity index (χ0n) is 16.4. The van der Waals surface area contributed by atoms with Crippen LogP contribution in [0.5, 0.6) is 0 Å². The number of fused-ring (bicyclic) bond motifs is 1. The predicted molar refractivity (Wildman–Crippen MR) is 109 cm³/mol. The van der Waals surface area contributed by atoms with Gasteiger partial charge >= 0.3 is 0 Å². The Morgan fingerprint density at radius 2 is 1.90 bits per heavy atom. The van der Waals surface area contributed by atoms with E-state index in [4.69, 9.17) is 0 Å². The van der Waals surface area contributed by atoms with Crippen LogP contribution in [0.4, 0.5) is 5.82 Å². The molecule has 0 fully saturated rings. The summed E-state index contributed by atoms with van der Waals surface area (Å²) < 4.78 is 1.87. The molecule has 29 heavy (non-hydrogen) atoms. The first-order valence-corrected chi connectivity index (χ1v) is 9.84. The van der Waals surface area contributed by atoms with E-state index in [9.17, 15) is 9.59 Å². The van der Waals surface area contributed by atoms with Crippen LogP contribution in [0.3, 0.4) is 0 Å². The molecule has 1 amide bonds. The summed E-state index contributed by atoms with van der Waals surface area (Å²) in [4.78, 5) is 26.8. The van der Waals surface area contributed by atoms with E-state index in [-0.39, 0.29) is 24.5 Å². The molecular weight excluding hydrogens is 366 g/mol. The van der Waals surface area contributed by atoms with Gasteiger partial charge in [-0.25, -0.2) is 4.68 Å². The van der Waals surface area contributed by atoms with Crippen molar-refractivity contribution in [1.82, 2.24) is 20.0 Å². The number of hydrogen-bond acceptors (Lipinski definition) is 5. The second kappa shape index (κ2) is 8.34. The maximum atomic E-state index is 12.6. The third-order valence-electron chi connectivity index (χ3n) is 5.05. The topological polar surface area (TPSA) is 81.0 Å². The van der Waals surface area contributed by atoms with Crippen molar-refractivity contribution in [2.75, 3.05) is 11.4 Å². The molecule has 148 valence electrons. The van der Waals surface area contributed by atoms with Gasteiger partial charge in [0.1, 0.15) is 11.6 Å². The number of rotatable bonds is 6. The molecule has 7 heteroatoms. The molecule has 1 aliphatic rings. The summed E-state index contributed by atoms with van der Waals surface area (Å²) in [6.07, 6.45) is 3.31. The van der Waals surface area contributed by atoms with E-state index in [1.54, 1.807) is 11.1 Å². The van der Waals surface area contributed by atoms with E-state index in [1.807, 2.05) is 54.1 Å². The minimum atomic E-state index is -0.0165. The molecule has 3 aromatic rings. The fourth-order valence-electron chi connectivity index (χ4n) is 3.61. The van der Waals surface area contributed by atoms with Crippen LogP contribution in [0.1, 0.15) is 30.5 Å². The molecule has 0 saturated heterocycles. The Balaban J connectivity index is 1.32. The lowest BCUT2D eigenvalue weighted by Crippen LogP contribution is -2.37. The van der Waals surface area contributed by atoms with Crippen LogP contribution in [0.15, 0.2) is 48.7 Å². The van der Waals surface area contributed by atoms with Gasteiger partial charge < -0.3 is 0 Å². The number of hydrogen-bond donors (Lipinski definition) is 0. The standard InChI is InChI=1S/C22H23N5O2/c1-16-14-21-26(12-3-13-27(21)25-16)22(29)10-9-19(28)15-17-5-7-18(8-6-17)20-4-2-11-23-24-20/h2,4-8,11,14H,3,9-10,12-13,15H2,1H3. The first-order chi connectivity index (χ1) is 14.1. The van der Waals surface area contributed by atoms with Crippen LogP contribution in [0.25, 0.3) is 11.3 Å². The quantitative estimate of drug-likeness (QED) is 0.647. The van der Waals surface area contributed by atoms with Gasteiger partial charge in [-0.2, -0.15) is 15.3 Å². The van der Waals surface area contributed by atoms with E-state index >= 15 is 0 Å². The SMILES string of the molecule is Cc1cc2n(n1)CCCN2C(=O)CCC(=O)Cc1ccc(-c2cccnn2)cc1.